The average molecular weight is 333 g/mol. The molecule has 0 aliphatic heterocycles. The molecule has 3 rings (SSSR count). The van der Waals surface area contributed by atoms with Crippen LogP contribution in [0.5, 0.6) is 0 Å². The molecule has 112 valence electrons. The predicted octanol–water partition coefficient (Wildman–Crippen LogP) is 3.99. The number of carbonyl (C=O) groups is 1. The van der Waals surface area contributed by atoms with Gasteiger partial charge in [-0.25, -0.2) is 5.43 Å². The monoisotopic (exact) mass is 332 g/mol. The molecule has 22 heavy (non-hydrogen) atoms. The Bertz CT molecular complexity index is 686. The number of rotatable bonds is 4. The minimum atomic E-state index is -0.873. The summed E-state index contributed by atoms with van der Waals surface area (Å²) in [6, 6.07) is 18.7. The van der Waals surface area contributed by atoms with Gasteiger partial charge in [0, 0.05) is 23.6 Å². The lowest BCUT2D eigenvalue weighted by molar-refractivity contribution is 0.0955. The molecule has 1 amide bonds. The van der Waals surface area contributed by atoms with Crippen LogP contribution in [-0.2, 0) is 0 Å². The summed E-state index contributed by atoms with van der Waals surface area (Å²) in [5.41, 5.74) is 4.11. The number of alkyl halides is 2. The zero-order valence-electron chi connectivity index (χ0n) is 11.6. The largest absolute Gasteiger partial charge is 0.271 e. The first-order valence-corrected chi connectivity index (χ1v) is 7.67. The highest BCUT2D eigenvalue weighted by Gasteiger charge is 2.63. The van der Waals surface area contributed by atoms with Crippen LogP contribution in [0.2, 0.25) is 0 Å². The van der Waals surface area contributed by atoms with Crippen molar-refractivity contribution in [3.63, 3.8) is 0 Å². The molecule has 2 aromatic carbocycles. The Kier molecular flexibility index (Phi) is 4.19. The van der Waals surface area contributed by atoms with Gasteiger partial charge in [-0.15, -0.1) is 23.2 Å². The minimum Gasteiger partial charge on any atom is -0.267 e. The standard InChI is InChI=1S/C17H14Cl2N2O/c18-17(19)14(15(17)12-7-3-1-4-8-12)11-20-21-16(22)13-9-5-2-6-10-13/h1-11,14-15H,(H,21,22)/b20-11-/t14-,15+/m0/s1. The topological polar surface area (TPSA) is 41.5 Å². The molecule has 1 saturated carbocycles. The smallest absolute Gasteiger partial charge is 0.267 e. The first kappa shape index (κ1) is 15.1. The summed E-state index contributed by atoms with van der Waals surface area (Å²) < 4.78 is -0.873. The van der Waals surface area contributed by atoms with Crippen LogP contribution >= 0.6 is 23.2 Å². The van der Waals surface area contributed by atoms with Gasteiger partial charge in [-0.2, -0.15) is 5.10 Å². The third-order valence-electron chi connectivity index (χ3n) is 3.70. The van der Waals surface area contributed by atoms with Gasteiger partial charge < -0.3 is 0 Å². The number of nitrogens with one attached hydrogen (secondary N) is 1. The van der Waals surface area contributed by atoms with Gasteiger partial charge in [0.05, 0.1) is 0 Å². The van der Waals surface area contributed by atoms with Crippen molar-refractivity contribution in [3.05, 3.63) is 71.8 Å². The fourth-order valence-electron chi connectivity index (χ4n) is 2.46. The Morgan fingerprint density at radius 2 is 1.64 bits per heavy atom. The van der Waals surface area contributed by atoms with E-state index in [1.807, 2.05) is 36.4 Å². The van der Waals surface area contributed by atoms with Crippen LogP contribution in [0.3, 0.4) is 0 Å². The third-order valence-corrected chi connectivity index (χ3v) is 4.68. The Morgan fingerprint density at radius 3 is 2.27 bits per heavy atom. The molecule has 3 nitrogen and oxygen atoms in total. The highest BCUT2D eigenvalue weighted by molar-refractivity contribution is 6.53. The van der Waals surface area contributed by atoms with E-state index in [0.29, 0.717) is 5.56 Å². The fourth-order valence-corrected chi connectivity index (χ4v) is 3.22. The summed E-state index contributed by atoms with van der Waals surface area (Å²) in [5, 5.41) is 3.99. The van der Waals surface area contributed by atoms with E-state index >= 15 is 0 Å². The summed E-state index contributed by atoms with van der Waals surface area (Å²) >= 11 is 12.6. The molecule has 0 aromatic heterocycles. The van der Waals surface area contributed by atoms with Crippen molar-refractivity contribution >= 4 is 35.3 Å². The first-order valence-electron chi connectivity index (χ1n) is 6.92. The second-order valence-electron chi connectivity index (χ2n) is 5.17. The molecule has 0 spiro atoms. The number of nitrogens with zero attached hydrogens (tertiary/aromatic N) is 1. The number of carbonyl (C=O) groups excluding carboxylic acids is 1. The maximum absolute atomic E-state index is 11.9. The molecule has 0 bridgehead atoms. The molecule has 2 atom stereocenters. The van der Waals surface area contributed by atoms with Crippen LogP contribution in [0.15, 0.2) is 65.8 Å². The Labute approximate surface area is 138 Å². The molecular formula is C17H14Cl2N2O. The zero-order valence-corrected chi connectivity index (χ0v) is 13.1. The van der Waals surface area contributed by atoms with Gasteiger partial charge >= 0.3 is 0 Å². The lowest BCUT2D eigenvalue weighted by Crippen LogP contribution is -2.17. The van der Waals surface area contributed by atoms with E-state index in [2.05, 4.69) is 10.5 Å². The summed E-state index contributed by atoms with van der Waals surface area (Å²) in [6.07, 6.45) is 1.61. The van der Waals surface area contributed by atoms with Crippen molar-refractivity contribution in [3.8, 4) is 0 Å². The van der Waals surface area contributed by atoms with Gasteiger partial charge in [-0.1, -0.05) is 48.5 Å². The minimum absolute atomic E-state index is 0.00518. The zero-order chi connectivity index (χ0) is 15.6. The molecule has 0 heterocycles. The Balaban J connectivity index is 1.63. The number of halogens is 2. The summed E-state index contributed by atoms with van der Waals surface area (Å²) in [7, 11) is 0. The molecule has 0 unspecified atom stereocenters. The van der Waals surface area contributed by atoms with E-state index in [1.54, 1.807) is 30.5 Å². The van der Waals surface area contributed by atoms with Crippen molar-refractivity contribution in [2.45, 2.75) is 10.3 Å². The Morgan fingerprint density at radius 1 is 1.05 bits per heavy atom. The second-order valence-corrected chi connectivity index (χ2v) is 6.62. The van der Waals surface area contributed by atoms with Crippen LogP contribution in [0, 0.1) is 5.92 Å². The van der Waals surface area contributed by atoms with Crippen LogP contribution in [-0.4, -0.2) is 16.5 Å². The van der Waals surface area contributed by atoms with Crippen molar-refractivity contribution in [1.82, 2.24) is 5.43 Å². The fraction of sp³-hybridized carbons (Fsp3) is 0.176. The van der Waals surface area contributed by atoms with Gasteiger partial charge in [-0.3, -0.25) is 4.79 Å². The van der Waals surface area contributed by atoms with Crippen LogP contribution in [0.1, 0.15) is 21.8 Å². The number of amides is 1. The quantitative estimate of drug-likeness (QED) is 0.513. The highest BCUT2D eigenvalue weighted by Crippen LogP contribution is 2.63. The second kappa shape index (κ2) is 6.11. The van der Waals surface area contributed by atoms with Crippen molar-refractivity contribution in [1.29, 1.82) is 0 Å². The third kappa shape index (κ3) is 3.01. The van der Waals surface area contributed by atoms with Crippen LogP contribution < -0.4 is 5.43 Å². The number of hydrogen-bond acceptors (Lipinski definition) is 2. The molecule has 1 aliphatic carbocycles. The molecule has 0 saturated heterocycles. The summed E-state index contributed by atoms with van der Waals surface area (Å²) in [5.74, 6) is -0.382. The molecule has 0 radical (unpaired) electrons. The molecule has 1 aliphatic rings. The molecule has 1 N–H and O–H groups in total. The Hall–Kier alpha value is -1.84. The van der Waals surface area contributed by atoms with Gasteiger partial charge in [-0.05, 0) is 17.7 Å². The van der Waals surface area contributed by atoms with Crippen LogP contribution in [0.25, 0.3) is 0 Å². The summed E-state index contributed by atoms with van der Waals surface area (Å²) in [6.45, 7) is 0. The SMILES string of the molecule is O=C(N/N=C\[C@H]1[C@@H](c2ccccc2)C1(Cl)Cl)c1ccccc1. The van der Waals surface area contributed by atoms with E-state index in [-0.39, 0.29) is 17.7 Å². The predicted molar refractivity (Wildman–Crippen MR) is 89.5 cm³/mol. The number of hydrogen-bond donors (Lipinski definition) is 1. The van der Waals surface area contributed by atoms with Gasteiger partial charge in [0.25, 0.3) is 5.91 Å². The van der Waals surface area contributed by atoms with Crippen LogP contribution in [0.4, 0.5) is 0 Å². The average Bonchev–Trinajstić information content (AvgIpc) is 3.10. The van der Waals surface area contributed by atoms with E-state index in [0.717, 1.165) is 5.56 Å². The van der Waals surface area contributed by atoms with Gasteiger partial charge in [0.15, 0.2) is 0 Å². The lowest BCUT2D eigenvalue weighted by atomic mass is 10.1. The van der Waals surface area contributed by atoms with Crippen molar-refractivity contribution < 1.29 is 4.79 Å². The highest BCUT2D eigenvalue weighted by atomic mass is 35.5. The molecule has 1 fully saturated rings. The molecule has 2 aromatic rings. The first-order chi connectivity index (χ1) is 10.6. The molecular weight excluding hydrogens is 319 g/mol. The normalized spacial score (nSPS) is 22.5. The van der Waals surface area contributed by atoms with Crippen molar-refractivity contribution in [2.24, 2.45) is 11.0 Å². The number of benzene rings is 2. The summed E-state index contributed by atoms with van der Waals surface area (Å²) in [4.78, 5) is 11.9. The maximum Gasteiger partial charge on any atom is 0.271 e. The van der Waals surface area contributed by atoms with Gasteiger partial charge in [0.1, 0.15) is 4.33 Å². The number of hydrazone groups is 1. The van der Waals surface area contributed by atoms with E-state index < -0.39 is 4.33 Å². The van der Waals surface area contributed by atoms with Crippen molar-refractivity contribution in [2.75, 3.05) is 0 Å². The van der Waals surface area contributed by atoms with E-state index in [9.17, 15) is 4.79 Å². The molecule has 5 heteroatoms. The maximum atomic E-state index is 11.9. The van der Waals surface area contributed by atoms with E-state index in [1.165, 1.54) is 0 Å². The van der Waals surface area contributed by atoms with E-state index in [4.69, 9.17) is 23.2 Å². The van der Waals surface area contributed by atoms with Gasteiger partial charge in [0.2, 0.25) is 0 Å². The lowest BCUT2D eigenvalue weighted by Gasteiger charge is -1.98.